The minimum atomic E-state index is -0.966. The van der Waals surface area contributed by atoms with Crippen LogP contribution in [0.4, 0.5) is 0 Å². The summed E-state index contributed by atoms with van der Waals surface area (Å²) in [6.07, 6.45) is 2.17. The number of primary amides is 1. The molecule has 0 atom stereocenters. The molecule has 5 nitrogen and oxygen atoms in total. The number of nitrogens with two attached hydrogens (primary N) is 1. The maximum absolute atomic E-state index is 11.1. The van der Waals surface area contributed by atoms with Crippen molar-refractivity contribution in [3.8, 4) is 11.5 Å². The van der Waals surface area contributed by atoms with Crippen molar-refractivity contribution in [1.29, 1.82) is 0 Å². The van der Waals surface area contributed by atoms with Gasteiger partial charge >= 0.3 is 0 Å². The third-order valence-electron chi connectivity index (χ3n) is 3.70. The summed E-state index contributed by atoms with van der Waals surface area (Å²) in [6.45, 7) is 6.96. The number of carbonyl (C=O) groups excluding carboxylic acids is 2. The molecule has 0 aromatic heterocycles. The summed E-state index contributed by atoms with van der Waals surface area (Å²) in [6, 6.07) is 13.9. The van der Waals surface area contributed by atoms with Gasteiger partial charge in [-0.1, -0.05) is 25.5 Å². The molecule has 140 valence electrons. The Morgan fingerprint density at radius 2 is 1.58 bits per heavy atom. The molecule has 1 amide bonds. The summed E-state index contributed by atoms with van der Waals surface area (Å²) in [5.41, 5.74) is 6.16. The third kappa shape index (κ3) is 6.97. The number of phenols is 1. The lowest BCUT2D eigenvalue weighted by Gasteiger charge is -2.22. The summed E-state index contributed by atoms with van der Waals surface area (Å²) in [5, 5.41) is 8.83. The van der Waals surface area contributed by atoms with Gasteiger partial charge in [-0.3, -0.25) is 9.59 Å². The average Bonchev–Trinajstić information content (AvgIpc) is 2.57. The third-order valence-corrected chi connectivity index (χ3v) is 3.70. The van der Waals surface area contributed by atoms with Crippen molar-refractivity contribution in [2.75, 3.05) is 0 Å². The summed E-state index contributed by atoms with van der Waals surface area (Å²) in [5.74, 6) is 0.402. The standard InChI is InChI=1S/C13H19NO2.C8H8O2/c1-4-5-10-6-8-11(9-7-10)16-13(2,3)12(14)15;1-6(9)7-2-4-8(10)5-3-7/h6-9H,4-5H2,1-3H3,(H2,14,15);2-5,10H,1H3. The zero-order valence-electron chi connectivity index (χ0n) is 15.8. The number of phenolic OH excluding ortho intramolecular Hbond substituents is 1. The predicted octanol–water partition coefficient (Wildman–Crippen LogP) is 3.88. The SMILES string of the molecule is CC(=O)c1ccc(O)cc1.CCCc1ccc(OC(C)(C)C(N)=O)cc1. The van der Waals surface area contributed by atoms with E-state index in [4.69, 9.17) is 15.6 Å². The van der Waals surface area contributed by atoms with Crippen LogP contribution < -0.4 is 10.5 Å². The van der Waals surface area contributed by atoms with Crippen LogP contribution in [-0.4, -0.2) is 22.4 Å². The number of hydrogen-bond donors (Lipinski definition) is 2. The molecule has 5 heteroatoms. The first kappa shape index (κ1) is 21.2. The van der Waals surface area contributed by atoms with Gasteiger partial charge in [0.25, 0.3) is 5.91 Å². The molecule has 3 N–H and O–H groups in total. The van der Waals surface area contributed by atoms with E-state index in [0.717, 1.165) is 12.8 Å². The molecule has 0 fully saturated rings. The van der Waals surface area contributed by atoms with E-state index < -0.39 is 11.5 Å². The molecule has 0 aliphatic rings. The Bertz CT molecular complexity index is 719. The van der Waals surface area contributed by atoms with Gasteiger partial charge in [-0.15, -0.1) is 0 Å². The maximum Gasteiger partial charge on any atom is 0.261 e. The summed E-state index contributed by atoms with van der Waals surface area (Å²) in [4.78, 5) is 21.8. The highest BCUT2D eigenvalue weighted by Crippen LogP contribution is 2.19. The highest BCUT2D eigenvalue weighted by Gasteiger charge is 2.26. The molecule has 0 bridgehead atoms. The van der Waals surface area contributed by atoms with Crippen molar-refractivity contribution >= 4 is 11.7 Å². The van der Waals surface area contributed by atoms with E-state index in [9.17, 15) is 9.59 Å². The molecule has 2 aromatic carbocycles. The van der Waals surface area contributed by atoms with E-state index in [1.807, 2.05) is 24.3 Å². The molecule has 2 aromatic rings. The Labute approximate surface area is 154 Å². The average molecular weight is 357 g/mol. The van der Waals surface area contributed by atoms with E-state index in [2.05, 4.69) is 6.92 Å². The molecule has 2 rings (SSSR count). The lowest BCUT2D eigenvalue weighted by molar-refractivity contribution is -0.130. The maximum atomic E-state index is 11.1. The number of benzene rings is 2. The quantitative estimate of drug-likeness (QED) is 0.768. The second-order valence-corrected chi connectivity index (χ2v) is 6.47. The second kappa shape index (κ2) is 9.61. The molecule has 0 aliphatic heterocycles. The van der Waals surface area contributed by atoms with E-state index in [-0.39, 0.29) is 11.5 Å². The van der Waals surface area contributed by atoms with E-state index in [0.29, 0.717) is 11.3 Å². The van der Waals surface area contributed by atoms with Gasteiger partial charge in [-0.25, -0.2) is 0 Å². The van der Waals surface area contributed by atoms with Crippen molar-refractivity contribution in [2.24, 2.45) is 5.73 Å². The van der Waals surface area contributed by atoms with Crippen LogP contribution in [0, 0.1) is 0 Å². The molecule has 0 spiro atoms. The molecule has 0 saturated carbocycles. The first-order valence-electron chi connectivity index (χ1n) is 8.53. The molecular weight excluding hydrogens is 330 g/mol. The molecular formula is C21H27NO4. The van der Waals surface area contributed by atoms with Gasteiger partial charge in [-0.2, -0.15) is 0 Å². The van der Waals surface area contributed by atoms with Gasteiger partial charge in [0.2, 0.25) is 0 Å². The number of amides is 1. The van der Waals surface area contributed by atoms with Gasteiger partial charge in [0.05, 0.1) is 0 Å². The number of carbonyl (C=O) groups is 2. The monoisotopic (exact) mass is 357 g/mol. The van der Waals surface area contributed by atoms with Crippen LogP contribution in [0.3, 0.4) is 0 Å². The lowest BCUT2D eigenvalue weighted by Crippen LogP contribution is -2.43. The van der Waals surface area contributed by atoms with Crippen molar-refractivity contribution in [3.05, 3.63) is 59.7 Å². The molecule has 0 aliphatic carbocycles. The Morgan fingerprint density at radius 1 is 1.04 bits per heavy atom. The van der Waals surface area contributed by atoms with Gasteiger partial charge in [0, 0.05) is 5.56 Å². The topological polar surface area (TPSA) is 89.6 Å². The molecule has 0 saturated heterocycles. The fraction of sp³-hybridized carbons (Fsp3) is 0.333. The van der Waals surface area contributed by atoms with Gasteiger partial charge < -0.3 is 15.6 Å². The van der Waals surface area contributed by atoms with Gasteiger partial charge in [0.1, 0.15) is 11.5 Å². The molecule has 26 heavy (non-hydrogen) atoms. The Kier molecular flexibility index (Phi) is 7.84. The fourth-order valence-electron chi connectivity index (χ4n) is 2.05. The van der Waals surface area contributed by atoms with Crippen LogP contribution in [0.2, 0.25) is 0 Å². The van der Waals surface area contributed by atoms with E-state index >= 15 is 0 Å². The normalized spacial score (nSPS) is 10.5. The number of rotatable bonds is 6. The smallest absolute Gasteiger partial charge is 0.261 e. The highest BCUT2D eigenvalue weighted by molar-refractivity contribution is 5.94. The first-order chi connectivity index (χ1) is 12.2. The summed E-state index contributed by atoms with van der Waals surface area (Å²) >= 11 is 0. The predicted molar refractivity (Wildman–Crippen MR) is 102 cm³/mol. The van der Waals surface area contributed by atoms with Crippen LogP contribution >= 0.6 is 0 Å². The van der Waals surface area contributed by atoms with Crippen LogP contribution in [0.5, 0.6) is 11.5 Å². The Balaban J connectivity index is 0.000000289. The van der Waals surface area contributed by atoms with Crippen LogP contribution in [0.15, 0.2) is 48.5 Å². The second-order valence-electron chi connectivity index (χ2n) is 6.47. The number of aromatic hydroxyl groups is 1. The van der Waals surface area contributed by atoms with Crippen molar-refractivity contribution in [3.63, 3.8) is 0 Å². The summed E-state index contributed by atoms with van der Waals surface area (Å²) in [7, 11) is 0. The van der Waals surface area contributed by atoms with Gasteiger partial charge in [-0.05, 0) is 69.2 Å². The Hall–Kier alpha value is -2.82. The highest BCUT2D eigenvalue weighted by atomic mass is 16.5. The van der Waals surface area contributed by atoms with Crippen molar-refractivity contribution in [2.45, 2.75) is 46.1 Å². The van der Waals surface area contributed by atoms with Crippen LogP contribution in [0.25, 0.3) is 0 Å². The number of Topliss-reactive ketones (excluding diaryl/α,β-unsaturated/α-hetero) is 1. The van der Waals surface area contributed by atoms with Crippen LogP contribution in [0.1, 0.15) is 50.0 Å². The summed E-state index contributed by atoms with van der Waals surface area (Å²) < 4.78 is 5.52. The van der Waals surface area contributed by atoms with E-state index in [1.54, 1.807) is 26.0 Å². The lowest BCUT2D eigenvalue weighted by atomic mass is 10.1. The molecule has 0 radical (unpaired) electrons. The minimum Gasteiger partial charge on any atom is -0.508 e. The number of ketones is 1. The molecule has 0 heterocycles. The van der Waals surface area contributed by atoms with E-state index in [1.165, 1.54) is 24.6 Å². The largest absolute Gasteiger partial charge is 0.508 e. The zero-order chi connectivity index (χ0) is 19.7. The van der Waals surface area contributed by atoms with Crippen molar-refractivity contribution in [1.82, 2.24) is 0 Å². The van der Waals surface area contributed by atoms with Gasteiger partial charge in [0.15, 0.2) is 11.4 Å². The fourth-order valence-corrected chi connectivity index (χ4v) is 2.05. The van der Waals surface area contributed by atoms with Crippen LogP contribution in [-0.2, 0) is 11.2 Å². The minimum absolute atomic E-state index is 0.0139. The number of hydrogen-bond acceptors (Lipinski definition) is 4. The number of ether oxygens (including phenoxy) is 1. The Morgan fingerprint density at radius 3 is 2.00 bits per heavy atom. The first-order valence-corrected chi connectivity index (χ1v) is 8.53. The zero-order valence-corrected chi connectivity index (χ0v) is 15.8. The molecule has 0 unspecified atom stereocenters. The number of aryl methyl sites for hydroxylation is 1. The van der Waals surface area contributed by atoms with Crippen molar-refractivity contribution < 1.29 is 19.4 Å².